The molecule has 0 spiro atoms. The van der Waals surface area contributed by atoms with Crippen LogP contribution in [0.1, 0.15) is 25.0 Å². The van der Waals surface area contributed by atoms with Crippen LogP contribution < -0.4 is 0 Å². The first-order valence-corrected chi connectivity index (χ1v) is 4.14. The molecule has 1 aromatic carbocycles. The number of hydrogen-bond donors (Lipinski definition) is 0. The smallest absolute Gasteiger partial charge is 0.128 e. The van der Waals surface area contributed by atoms with Gasteiger partial charge in [-0.15, -0.1) is 0 Å². The van der Waals surface area contributed by atoms with Crippen molar-refractivity contribution in [1.82, 2.24) is 0 Å². The Morgan fingerprint density at radius 3 is 2.67 bits per heavy atom. The lowest BCUT2D eigenvalue weighted by atomic mass is 9.91. The Kier molecular flexibility index (Phi) is 1.47. The summed E-state index contributed by atoms with van der Waals surface area (Å²) in [5.41, 5.74) is 2.34. The fraction of sp³-hybridized carbons (Fsp3) is 0.273. The third kappa shape index (κ3) is 1.02. The van der Waals surface area contributed by atoms with Crippen LogP contribution in [0, 0.1) is 0 Å². The molecule has 0 saturated heterocycles. The third-order valence-electron chi connectivity index (χ3n) is 2.22. The Labute approximate surface area is 72.7 Å². The maximum Gasteiger partial charge on any atom is 0.128 e. The average molecular weight is 160 g/mol. The molecule has 0 aliphatic carbocycles. The summed E-state index contributed by atoms with van der Waals surface area (Å²) < 4.78 is 5.51. The maximum atomic E-state index is 5.51. The van der Waals surface area contributed by atoms with Crippen LogP contribution in [0.3, 0.4) is 0 Å². The normalized spacial score (nSPS) is 18.2. The predicted molar refractivity (Wildman–Crippen MR) is 49.6 cm³/mol. The molecule has 0 amide bonds. The first-order valence-electron chi connectivity index (χ1n) is 4.14. The summed E-state index contributed by atoms with van der Waals surface area (Å²) in [5, 5.41) is 0. The highest BCUT2D eigenvalue weighted by Gasteiger charge is 2.25. The molecule has 0 bridgehead atoms. The van der Waals surface area contributed by atoms with Crippen molar-refractivity contribution in [3.63, 3.8) is 0 Å². The molecule has 62 valence electrons. The van der Waals surface area contributed by atoms with E-state index in [1.165, 1.54) is 11.1 Å². The molecule has 1 heteroatoms. The van der Waals surface area contributed by atoms with Gasteiger partial charge in [-0.25, -0.2) is 0 Å². The number of benzene rings is 1. The van der Waals surface area contributed by atoms with Crippen molar-refractivity contribution in [3.8, 4) is 0 Å². The Hall–Kier alpha value is -1.24. The Bertz CT molecular complexity index is 324. The highest BCUT2D eigenvalue weighted by Crippen LogP contribution is 2.32. The second-order valence-corrected chi connectivity index (χ2v) is 3.52. The van der Waals surface area contributed by atoms with Gasteiger partial charge in [0.05, 0.1) is 6.26 Å². The fourth-order valence-electron chi connectivity index (χ4n) is 1.53. The van der Waals surface area contributed by atoms with Gasteiger partial charge in [0, 0.05) is 5.56 Å². The Balaban J connectivity index is 2.60. The molecule has 2 rings (SSSR count). The summed E-state index contributed by atoms with van der Waals surface area (Å²) in [6, 6.07) is 8.31. The van der Waals surface area contributed by atoms with Crippen molar-refractivity contribution in [1.29, 1.82) is 0 Å². The molecule has 1 heterocycles. The molecule has 12 heavy (non-hydrogen) atoms. The molecule has 1 aliphatic heterocycles. The van der Waals surface area contributed by atoms with Gasteiger partial charge in [0.15, 0.2) is 0 Å². The summed E-state index contributed by atoms with van der Waals surface area (Å²) in [7, 11) is 0. The van der Waals surface area contributed by atoms with Crippen molar-refractivity contribution >= 4 is 6.08 Å². The monoisotopic (exact) mass is 160 g/mol. The van der Waals surface area contributed by atoms with E-state index in [0.29, 0.717) is 0 Å². The van der Waals surface area contributed by atoms with Crippen molar-refractivity contribution in [3.05, 3.63) is 41.7 Å². The molecule has 1 aromatic rings. The number of fused-ring (bicyclic) bond motifs is 1. The molecular formula is C11H12O. The van der Waals surface area contributed by atoms with E-state index in [1.54, 1.807) is 6.26 Å². The zero-order valence-corrected chi connectivity index (χ0v) is 7.37. The number of ether oxygens (including phenoxy) is 1. The second kappa shape index (κ2) is 2.37. The van der Waals surface area contributed by atoms with Gasteiger partial charge >= 0.3 is 0 Å². The van der Waals surface area contributed by atoms with Crippen molar-refractivity contribution in [2.24, 2.45) is 0 Å². The summed E-state index contributed by atoms with van der Waals surface area (Å²) in [6.07, 6.45) is 3.77. The van der Waals surface area contributed by atoms with E-state index < -0.39 is 0 Å². The molecule has 0 saturated carbocycles. The van der Waals surface area contributed by atoms with E-state index in [9.17, 15) is 0 Å². The van der Waals surface area contributed by atoms with Gasteiger partial charge < -0.3 is 4.74 Å². The Morgan fingerprint density at radius 2 is 1.92 bits per heavy atom. The van der Waals surface area contributed by atoms with Gasteiger partial charge in [0.1, 0.15) is 5.60 Å². The summed E-state index contributed by atoms with van der Waals surface area (Å²) in [4.78, 5) is 0. The summed E-state index contributed by atoms with van der Waals surface area (Å²) in [5.74, 6) is 0. The van der Waals surface area contributed by atoms with Gasteiger partial charge in [-0.2, -0.15) is 0 Å². The van der Waals surface area contributed by atoms with Gasteiger partial charge in [0.25, 0.3) is 0 Å². The van der Waals surface area contributed by atoms with Crippen molar-refractivity contribution < 1.29 is 4.74 Å². The highest BCUT2D eigenvalue weighted by molar-refractivity contribution is 5.56. The van der Waals surface area contributed by atoms with Crippen LogP contribution in [-0.2, 0) is 10.3 Å². The van der Waals surface area contributed by atoms with Crippen molar-refractivity contribution in [2.75, 3.05) is 0 Å². The molecule has 1 aliphatic rings. The van der Waals surface area contributed by atoms with Crippen LogP contribution in [-0.4, -0.2) is 0 Å². The van der Waals surface area contributed by atoms with E-state index in [2.05, 4.69) is 26.0 Å². The minimum absolute atomic E-state index is 0.175. The van der Waals surface area contributed by atoms with E-state index in [0.717, 1.165) is 0 Å². The second-order valence-electron chi connectivity index (χ2n) is 3.52. The summed E-state index contributed by atoms with van der Waals surface area (Å²) >= 11 is 0. The molecular weight excluding hydrogens is 148 g/mol. The van der Waals surface area contributed by atoms with E-state index in [1.807, 2.05) is 18.2 Å². The number of rotatable bonds is 0. The minimum atomic E-state index is -0.175. The zero-order valence-electron chi connectivity index (χ0n) is 7.37. The lowest BCUT2D eigenvalue weighted by Gasteiger charge is -2.29. The van der Waals surface area contributed by atoms with Crippen LogP contribution in [0.2, 0.25) is 0 Å². The standard InChI is InChI=1S/C11H12O/c1-11(2)10-6-4-3-5-9(10)7-8-12-11/h3-8H,1-2H3. The van der Waals surface area contributed by atoms with E-state index >= 15 is 0 Å². The molecule has 0 radical (unpaired) electrons. The first-order chi connectivity index (χ1) is 5.70. The van der Waals surface area contributed by atoms with Gasteiger partial charge in [-0.05, 0) is 25.5 Å². The van der Waals surface area contributed by atoms with Crippen LogP contribution in [0.25, 0.3) is 6.08 Å². The minimum Gasteiger partial charge on any atom is -0.491 e. The van der Waals surface area contributed by atoms with Crippen LogP contribution in [0.5, 0.6) is 0 Å². The lowest BCUT2D eigenvalue weighted by molar-refractivity contribution is 0.0531. The van der Waals surface area contributed by atoms with Crippen molar-refractivity contribution in [2.45, 2.75) is 19.4 Å². The highest BCUT2D eigenvalue weighted by atomic mass is 16.5. The van der Waals surface area contributed by atoms with Gasteiger partial charge in [0.2, 0.25) is 0 Å². The summed E-state index contributed by atoms with van der Waals surface area (Å²) in [6.45, 7) is 4.16. The van der Waals surface area contributed by atoms with Gasteiger partial charge in [-0.1, -0.05) is 24.3 Å². The van der Waals surface area contributed by atoms with Crippen LogP contribution in [0.4, 0.5) is 0 Å². The quantitative estimate of drug-likeness (QED) is 0.567. The topological polar surface area (TPSA) is 9.23 Å². The molecule has 0 fully saturated rings. The predicted octanol–water partition coefficient (Wildman–Crippen LogP) is 2.92. The average Bonchev–Trinajstić information content (AvgIpc) is 2.04. The molecule has 0 unspecified atom stereocenters. The lowest BCUT2D eigenvalue weighted by Crippen LogP contribution is -2.22. The van der Waals surface area contributed by atoms with Crippen LogP contribution >= 0.6 is 0 Å². The largest absolute Gasteiger partial charge is 0.491 e. The molecule has 1 nitrogen and oxygen atoms in total. The zero-order chi connectivity index (χ0) is 8.60. The van der Waals surface area contributed by atoms with Crippen LogP contribution in [0.15, 0.2) is 30.5 Å². The van der Waals surface area contributed by atoms with Gasteiger partial charge in [-0.3, -0.25) is 0 Å². The SMILES string of the molecule is CC1(C)OC=Cc2ccccc21. The molecule has 0 atom stereocenters. The third-order valence-corrected chi connectivity index (χ3v) is 2.22. The maximum absolute atomic E-state index is 5.51. The number of hydrogen-bond acceptors (Lipinski definition) is 1. The van der Waals surface area contributed by atoms with E-state index in [4.69, 9.17) is 4.74 Å². The molecule has 0 aromatic heterocycles. The van der Waals surface area contributed by atoms with E-state index in [-0.39, 0.29) is 5.60 Å². The Morgan fingerprint density at radius 1 is 1.17 bits per heavy atom. The first kappa shape index (κ1) is 7.41. The molecule has 0 N–H and O–H groups in total. The fourth-order valence-corrected chi connectivity index (χ4v) is 1.53.